The van der Waals surface area contributed by atoms with Gasteiger partial charge in [-0.2, -0.15) is 4.99 Å². The number of hydrogen-bond acceptors (Lipinski definition) is 4. The number of aliphatic imine (C=N–C) groups is 1. The van der Waals surface area contributed by atoms with Gasteiger partial charge in [0.1, 0.15) is 0 Å². The van der Waals surface area contributed by atoms with Gasteiger partial charge in [-0.15, -0.1) is 0 Å². The molecular formula is C12H11NO2S. The molecule has 1 rings (SSSR count). The van der Waals surface area contributed by atoms with Crippen LogP contribution in [0.1, 0.15) is 12.0 Å². The molecule has 0 bridgehead atoms. The van der Waals surface area contributed by atoms with Gasteiger partial charge in [0.15, 0.2) is 0 Å². The molecule has 0 saturated carbocycles. The third-order valence-corrected chi connectivity index (χ3v) is 2.00. The number of methoxy groups -OCH3 is 1. The highest BCUT2D eigenvalue weighted by Crippen LogP contribution is 2.19. The van der Waals surface area contributed by atoms with Gasteiger partial charge in [-0.05, 0) is 18.3 Å². The molecule has 4 heteroatoms. The van der Waals surface area contributed by atoms with Gasteiger partial charge in [-0.3, -0.25) is 4.79 Å². The van der Waals surface area contributed by atoms with E-state index in [0.717, 1.165) is 11.3 Å². The summed E-state index contributed by atoms with van der Waals surface area (Å²) in [6, 6.07) is 7.47. The maximum absolute atomic E-state index is 10.9. The molecule has 0 aliphatic carbocycles. The first-order valence-electron chi connectivity index (χ1n) is 4.68. The number of nitrogens with zero attached hydrogens (tertiary/aromatic N) is 1. The molecule has 0 aromatic heterocycles. The van der Waals surface area contributed by atoms with Crippen molar-refractivity contribution in [1.82, 2.24) is 0 Å². The Kier molecular flexibility index (Phi) is 5.12. The second kappa shape index (κ2) is 6.67. The van der Waals surface area contributed by atoms with E-state index in [2.05, 4.69) is 27.1 Å². The van der Waals surface area contributed by atoms with Crippen LogP contribution in [0.25, 0.3) is 6.08 Å². The fourth-order valence-electron chi connectivity index (χ4n) is 1.14. The minimum Gasteiger partial charge on any atom is -0.469 e. The van der Waals surface area contributed by atoms with Crippen molar-refractivity contribution in [2.45, 2.75) is 6.42 Å². The van der Waals surface area contributed by atoms with Gasteiger partial charge >= 0.3 is 5.97 Å². The van der Waals surface area contributed by atoms with Crippen molar-refractivity contribution in [3.63, 3.8) is 0 Å². The molecule has 0 N–H and O–H groups in total. The van der Waals surface area contributed by atoms with Crippen LogP contribution in [0.5, 0.6) is 0 Å². The molecule has 1 aromatic rings. The summed E-state index contributed by atoms with van der Waals surface area (Å²) in [5, 5.41) is 2.32. The molecule has 0 unspecified atom stereocenters. The zero-order valence-corrected chi connectivity index (χ0v) is 9.66. The van der Waals surface area contributed by atoms with Crippen LogP contribution in [-0.4, -0.2) is 18.2 Å². The lowest BCUT2D eigenvalue weighted by Crippen LogP contribution is -1.96. The predicted molar refractivity (Wildman–Crippen MR) is 66.8 cm³/mol. The quantitative estimate of drug-likeness (QED) is 0.456. The summed E-state index contributed by atoms with van der Waals surface area (Å²) < 4.78 is 4.52. The molecular weight excluding hydrogens is 222 g/mol. The van der Waals surface area contributed by atoms with Crippen LogP contribution in [0.2, 0.25) is 0 Å². The third kappa shape index (κ3) is 3.77. The normalized spacial score (nSPS) is 9.81. The van der Waals surface area contributed by atoms with Crippen molar-refractivity contribution in [2.24, 2.45) is 4.99 Å². The van der Waals surface area contributed by atoms with Crippen molar-refractivity contribution in [3.8, 4) is 0 Å². The molecule has 0 amide bonds. The molecule has 0 heterocycles. The number of rotatable bonds is 4. The Hall–Kier alpha value is -1.77. The van der Waals surface area contributed by atoms with E-state index < -0.39 is 0 Å². The average molecular weight is 233 g/mol. The van der Waals surface area contributed by atoms with E-state index >= 15 is 0 Å². The number of esters is 1. The van der Waals surface area contributed by atoms with Gasteiger partial charge in [-0.1, -0.05) is 30.4 Å². The third-order valence-electron chi connectivity index (χ3n) is 1.91. The van der Waals surface area contributed by atoms with E-state index in [1.165, 1.54) is 7.11 Å². The van der Waals surface area contributed by atoms with E-state index in [0.29, 0.717) is 0 Å². The SMILES string of the molecule is COC(=O)CC=Cc1ccccc1N=C=S. The molecule has 0 fully saturated rings. The van der Waals surface area contributed by atoms with Crippen molar-refractivity contribution in [2.75, 3.05) is 7.11 Å². The number of para-hydroxylation sites is 1. The van der Waals surface area contributed by atoms with Crippen LogP contribution in [0.15, 0.2) is 35.3 Å². The molecule has 82 valence electrons. The smallest absolute Gasteiger partial charge is 0.309 e. The van der Waals surface area contributed by atoms with Gasteiger partial charge in [0.05, 0.1) is 24.4 Å². The topological polar surface area (TPSA) is 38.7 Å². The number of carbonyl (C=O) groups is 1. The summed E-state index contributed by atoms with van der Waals surface area (Å²) in [4.78, 5) is 14.8. The van der Waals surface area contributed by atoms with Crippen LogP contribution in [-0.2, 0) is 9.53 Å². The molecule has 0 saturated heterocycles. The van der Waals surface area contributed by atoms with E-state index in [1.807, 2.05) is 30.3 Å². The minimum atomic E-state index is -0.271. The van der Waals surface area contributed by atoms with Crippen LogP contribution in [0, 0.1) is 0 Å². The Balaban J connectivity index is 2.80. The maximum atomic E-state index is 10.9. The van der Waals surface area contributed by atoms with Crippen LogP contribution < -0.4 is 0 Å². The summed E-state index contributed by atoms with van der Waals surface area (Å²) in [7, 11) is 1.36. The first-order valence-corrected chi connectivity index (χ1v) is 5.09. The van der Waals surface area contributed by atoms with Crippen molar-refractivity contribution < 1.29 is 9.53 Å². The highest BCUT2D eigenvalue weighted by atomic mass is 32.1. The predicted octanol–water partition coefficient (Wildman–Crippen LogP) is 3.00. The van der Waals surface area contributed by atoms with Crippen LogP contribution >= 0.6 is 12.2 Å². The van der Waals surface area contributed by atoms with E-state index in [9.17, 15) is 4.79 Å². The average Bonchev–Trinajstić information content (AvgIpc) is 2.31. The molecule has 0 spiro atoms. The van der Waals surface area contributed by atoms with Gasteiger partial charge in [-0.25, -0.2) is 0 Å². The van der Waals surface area contributed by atoms with Crippen molar-refractivity contribution in [1.29, 1.82) is 0 Å². The fourth-order valence-corrected chi connectivity index (χ4v) is 1.24. The van der Waals surface area contributed by atoms with Gasteiger partial charge in [0.25, 0.3) is 0 Å². The molecule has 0 aliphatic heterocycles. The van der Waals surface area contributed by atoms with Crippen LogP contribution in [0.4, 0.5) is 5.69 Å². The number of thiocarbonyl (C=S) groups is 1. The Morgan fingerprint density at radius 2 is 2.31 bits per heavy atom. The molecule has 0 radical (unpaired) electrons. The van der Waals surface area contributed by atoms with E-state index in [1.54, 1.807) is 6.08 Å². The van der Waals surface area contributed by atoms with Gasteiger partial charge in [0.2, 0.25) is 0 Å². The minimum absolute atomic E-state index is 0.242. The molecule has 0 atom stereocenters. The number of benzene rings is 1. The molecule has 16 heavy (non-hydrogen) atoms. The number of ether oxygens (including phenoxy) is 1. The lowest BCUT2D eigenvalue weighted by atomic mass is 10.1. The second-order valence-corrected chi connectivity index (χ2v) is 3.13. The lowest BCUT2D eigenvalue weighted by molar-refractivity contribution is -0.139. The first-order chi connectivity index (χ1) is 7.77. The second-order valence-electron chi connectivity index (χ2n) is 2.94. The number of hydrogen-bond donors (Lipinski definition) is 0. The lowest BCUT2D eigenvalue weighted by Gasteiger charge is -1.97. The van der Waals surface area contributed by atoms with Crippen LogP contribution in [0.3, 0.4) is 0 Å². The first kappa shape index (κ1) is 12.3. The Morgan fingerprint density at radius 1 is 1.56 bits per heavy atom. The zero-order chi connectivity index (χ0) is 11.8. The Labute approximate surface area is 99.5 Å². The van der Waals surface area contributed by atoms with Gasteiger partial charge < -0.3 is 4.74 Å². The molecule has 1 aromatic carbocycles. The zero-order valence-electron chi connectivity index (χ0n) is 8.84. The number of carbonyl (C=O) groups excluding carboxylic acids is 1. The summed E-state index contributed by atoms with van der Waals surface area (Å²) in [6.45, 7) is 0. The Bertz CT molecular complexity index is 448. The summed E-state index contributed by atoms with van der Waals surface area (Å²) in [5.41, 5.74) is 1.63. The largest absolute Gasteiger partial charge is 0.469 e. The summed E-state index contributed by atoms with van der Waals surface area (Å²) >= 11 is 4.55. The standard InChI is InChI=1S/C12H11NO2S/c1-15-12(14)8-4-6-10-5-2-3-7-11(10)13-9-16/h2-7H,8H2,1H3. The maximum Gasteiger partial charge on any atom is 0.309 e. The van der Waals surface area contributed by atoms with Crippen molar-refractivity contribution >= 4 is 35.1 Å². The fraction of sp³-hybridized carbons (Fsp3) is 0.167. The molecule has 0 aliphatic rings. The summed E-state index contributed by atoms with van der Waals surface area (Å²) in [6.07, 6.45) is 3.78. The molecule has 3 nitrogen and oxygen atoms in total. The highest BCUT2D eigenvalue weighted by molar-refractivity contribution is 7.78. The monoisotopic (exact) mass is 233 g/mol. The number of isothiocyanates is 1. The summed E-state index contributed by atoms with van der Waals surface area (Å²) in [5.74, 6) is -0.271. The van der Waals surface area contributed by atoms with E-state index in [-0.39, 0.29) is 12.4 Å². The highest BCUT2D eigenvalue weighted by Gasteiger charge is 1.97. The Morgan fingerprint density at radius 3 is 3.00 bits per heavy atom. The van der Waals surface area contributed by atoms with Gasteiger partial charge in [0, 0.05) is 5.56 Å². The van der Waals surface area contributed by atoms with E-state index in [4.69, 9.17) is 0 Å². The van der Waals surface area contributed by atoms with Crippen molar-refractivity contribution in [3.05, 3.63) is 35.9 Å².